The SMILES string of the molecule is N#Cc1ccnc(CON=C2CCN(S(=O)(=O)c3ccc(F)cc3)CC2)c1. The van der Waals surface area contributed by atoms with E-state index >= 15 is 0 Å². The van der Waals surface area contributed by atoms with Crippen molar-refractivity contribution in [1.29, 1.82) is 5.26 Å². The summed E-state index contributed by atoms with van der Waals surface area (Å²) in [5.41, 5.74) is 1.85. The molecule has 0 aliphatic carbocycles. The second-order valence-electron chi connectivity index (χ2n) is 5.94. The lowest BCUT2D eigenvalue weighted by Crippen LogP contribution is -2.38. The summed E-state index contributed by atoms with van der Waals surface area (Å²) in [7, 11) is -3.64. The van der Waals surface area contributed by atoms with Crippen molar-refractivity contribution in [2.24, 2.45) is 5.16 Å². The van der Waals surface area contributed by atoms with E-state index in [-0.39, 0.29) is 24.6 Å². The fourth-order valence-electron chi connectivity index (χ4n) is 2.65. The van der Waals surface area contributed by atoms with Gasteiger partial charge in [-0.15, -0.1) is 0 Å². The summed E-state index contributed by atoms with van der Waals surface area (Å²) in [5.74, 6) is -0.478. The number of hydrogen-bond donors (Lipinski definition) is 0. The minimum Gasteiger partial charge on any atom is -0.389 e. The van der Waals surface area contributed by atoms with Gasteiger partial charge in [-0.3, -0.25) is 4.98 Å². The molecule has 9 heteroatoms. The Kier molecular flexibility index (Phi) is 5.78. The maximum absolute atomic E-state index is 13.0. The maximum atomic E-state index is 13.0. The molecule has 0 spiro atoms. The number of piperidine rings is 1. The third-order valence-corrected chi connectivity index (χ3v) is 6.02. The molecule has 0 atom stereocenters. The fraction of sp³-hybridized carbons (Fsp3) is 0.278. The van der Waals surface area contributed by atoms with Gasteiger partial charge in [0.05, 0.1) is 27.9 Å². The number of nitriles is 1. The molecule has 7 nitrogen and oxygen atoms in total. The number of nitrogens with zero attached hydrogens (tertiary/aromatic N) is 4. The molecule has 1 aromatic heterocycles. The normalized spacial score (nSPS) is 15.2. The van der Waals surface area contributed by atoms with Gasteiger partial charge in [-0.1, -0.05) is 5.16 Å². The summed E-state index contributed by atoms with van der Waals surface area (Å²) in [6.07, 6.45) is 2.43. The smallest absolute Gasteiger partial charge is 0.243 e. The van der Waals surface area contributed by atoms with Gasteiger partial charge in [0.25, 0.3) is 0 Å². The zero-order valence-electron chi connectivity index (χ0n) is 14.4. The zero-order valence-corrected chi connectivity index (χ0v) is 15.2. The molecule has 0 saturated carbocycles. The van der Waals surface area contributed by atoms with Crippen molar-refractivity contribution in [3.8, 4) is 6.07 Å². The molecule has 2 aromatic rings. The van der Waals surface area contributed by atoms with E-state index in [1.807, 2.05) is 6.07 Å². The lowest BCUT2D eigenvalue weighted by Gasteiger charge is -2.26. The van der Waals surface area contributed by atoms with Crippen molar-refractivity contribution in [3.05, 3.63) is 59.7 Å². The third kappa shape index (κ3) is 4.67. The summed E-state index contributed by atoms with van der Waals surface area (Å²) in [5, 5.41) is 12.9. The summed E-state index contributed by atoms with van der Waals surface area (Å²) in [6.45, 7) is 0.699. The zero-order chi connectivity index (χ0) is 19.3. The lowest BCUT2D eigenvalue weighted by molar-refractivity contribution is 0.125. The molecule has 1 aliphatic heterocycles. The van der Waals surface area contributed by atoms with Crippen LogP contribution in [0.4, 0.5) is 4.39 Å². The van der Waals surface area contributed by atoms with Crippen LogP contribution in [0.25, 0.3) is 0 Å². The number of rotatable bonds is 5. The van der Waals surface area contributed by atoms with Crippen LogP contribution in [0.3, 0.4) is 0 Å². The van der Waals surface area contributed by atoms with Gasteiger partial charge in [0, 0.05) is 32.1 Å². The van der Waals surface area contributed by atoms with E-state index in [2.05, 4.69) is 10.1 Å². The Hall–Kier alpha value is -2.83. The van der Waals surface area contributed by atoms with Gasteiger partial charge < -0.3 is 4.84 Å². The minimum atomic E-state index is -3.64. The van der Waals surface area contributed by atoms with Gasteiger partial charge in [0.1, 0.15) is 5.82 Å². The van der Waals surface area contributed by atoms with E-state index in [9.17, 15) is 12.8 Å². The van der Waals surface area contributed by atoms with Crippen LogP contribution in [-0.4, -0.2) is 36.5 Å². The molecule has 0 bridgehead atoms. The molecule has 27 heavy (non-hydrogen) atoms. The van der Waals surface area contributed by atoms with Crippen LogP contribution >= 0.6 is 0 Å². The van der Waals surface area contributed by atoms with Crippen molar-refractivity contribution in [3.63, 3.8) is 0 Å². The maximum Gasteiger partial charge on any atom is 0.243 e. The van der Waals surface area contributed by atoms with Crippen LogP contribution in [0.5, 0.6) is 0 Å². The average Bonchev–Trinajstić information content (AvgIpc) is 2.69. The highest BCUT2D eigenvalue weighted by Crippen LogP contribution is 2.20. The quantitative estimate of drug-likeness (QED) is 0.733. The van der Waals surface area contributed by atoms with Gasteiger partial charge >= 0.3 is 0 Å². The predicted molar refractivity (Wildman–Crippen MR) is 95.6 cm³/mol. The van der Waals surface area contributed by atoms with E-state index in [1.54, 1.807) is 12.1 Å². The largest absolute Gasteiger partial charge is 0.389 e. The van der Waals surface area contributed by atoms with Gasteiger partial charge in [0.2, 0.25) is 10.0 Å². The van der Waals surface area contributed by atoms with Crippen LogP contribution in [0, 0.1) is 17.1 Å². The van der Waals surface area contributed by atoms with E-state index in [1.165, 1.54) is 22.6 Å². The van der Waals surface area contributed by atoms with E-state index in [0.717, 1.165) is 17.8 Å². The Balaban J connectivity index is 1.56. The number of oxime groups is 1. The van der Waals surface area contributed by atoms with Crippen LogP contribution in [-0.2, 0) is 21.5 Å². The number of hydrogen-bond acceptors (Lipinski definition) is 6. The molecule has 0 amide bonds. The minimum absolute atomic E-state index is 0.0731. The fourth-order valence-corrected chi connectivity index (χ4v) is 4.09. The second-order valence-corrected chi connectivity index (χ2v) is 7.87. The summed E-state index contributed by atoms with van der Waals surface area (Å²) in [4.78, 5) is 9.45. The van der Waals surface area contributed by atoms with Crippen molar-refractivity contribution in [1.82, 2.24) is 9.29 Å². The monoisotopic (exact) mass is 388 g/mol. The first-order chi connectivity index (χ1) is 13.0. The first kappa shape index (κ1) is 18.9. The van der Waals surface area contributed by atoms with E-state index < -0.39 is 15.8 Å². The summed E-state index contributed by atoms with van der Waals surface area (Å²) < 4.78 is 39.5. The predicted octanol–water partition coefficient (Wildman–Crippen LogP) is 2.45. The van der Waals surface area contributed by atoms with Crippen LogP contribution in [0.2, 0.25) is 0 Å². The standard InChI is InChI=1S/C18H17FN4O3S/c19-15-1-3-18(4-2-15)27(24,25)23-9-6-16(7-10-23)22-26-13-17-11-14(12-20)5-8-21-17/h1-5,8,11H,6-7,9-10,13H2. The molecule has 140 valence electrons. The Bertz CT molecular complexity index is 974. The van der Waals surface area contributed by atoms with Crippen molar-refractivity contribution in [2.75, 3.05) is 13.1 Å². The Labute approximate surface area is 156 Å². The lowest BCUT2D eigenvalue weighted by atomic mass is 10.1. The molecule has 1 aliphatic rings. The summed E-state index contributed by atoms with van der Waals surface area (Å²) in [6, 6.07) is 10.0. The molecule has 1 aromatic carbocycles. The molecule has 0 unspecified atom stereocenters. The molecule has 0 radical (unpaired) electrons. The number of sulfonamides is 1. The number of pyridine rings is 1. The highest BCUT2D eigenvalue weighted by molar-refractivity contribution is 7.89. The molecule has 2 heterocycles. The molecule has 1 fully saturated rings. The Morgan fingerprint density at radius 2 is 1.93 bits per heavy atom. The van der Waals surface area contributed by atoms with Gasteiger partial charge in [-0.05, 0) is 36.4 Å². The molecular weight excluding hydrogens is 371 g/mol. The Morgan fingerprint density at radius 1 is 1.22 bits per heavy atom. The highest BCUT2D eigenvalue weighted by Gasteiger charge is 2.28. The van der Waals surface area contributed by atoms with E-state index in [4.69, 9.17) is 10.1 Å². The molecular formula is C18H17FN4O3S. The van der Waals surface area contributed by atoms with Crippen molar-refractivity contribution >= 4 is 15.7 Å². The third-order valence-electron chi connectivity index (χ3n) is 4.10. The molecule has 0 N–H and O–H groups in total. The highest BCUT2D eigenvalue weighted by atomic mass is 32.2. The molecule has 3 rings (SSSR count). The van der Waals surface area contributed by atoms with Crippen molar-refractivity contribution in [2.45, 2.75) is 24.3 Å². The van der Waals surface area contributed by atoms with Gasteiger partial charge in [-0.2, -0.15) is 9.57 Å². The number of halogens is 1. The van der Waals surface area contributed by atoms with E-state index in [0.29, 0.717) is 24.1 Å². The topological polar surface area (TPSA) is 95.7 Å². The van der Waals surface area contributed by atoms with Crippen LogP contribution in [0.15, 0.2) is 52.6 Å². The second kappa shape index (κ2) is 8.24. The number of aromatic nitrogens is 1. The Morgan fingerprint density at radius 3 is 2.59 bits per heavy atom. The van der Waals surface area contributed by atoms with Gasteiger partial charge in [-0.25, -0.2) is 12.8 Å². The molecule has 1 saturated heterocycles. The first-order valence-electron chi connectivity index (χ1n) is 8.27. The van der Waals surface area contributed by atoms with Crippen molar-refractivity contribution < 1.29 is 17.6 Å². The average molecular weight is 388 g/mol. The van der Waals surface area contributed by atoms with Crippen LogP contribution in [0.1, 0.15) is 24.1 Å². The van der Waals surface area contributed by atoms with Gasteiger partial charge in [0.15, 0.2) is 6.61 Å². The first-order valence-corrected chi connectivity index (χ1v) is 9.71. The van der Waals surface area contributed by atoms with Crippen LogP contribution < -0.4 is 0 Å². The number of benzene rings is 1. The summed E-state index contributed by atoms with van der Waals surface area (Å²) >= 11 is 0.